The molecule has 2 heterocycles. The zero-order valence-corrected chi connectivity index (χ0v) is 12.9. The highest BCUT2D eigenvalue weighted by Gasteiger charge is 2.22. The van der Waals surface area contributed by atoms with Crippen molar-refractivity contribution in [3.8, 4) is 0 Å². The van der Waals surface area contributed by atoms with Crippen LogP contribution >= 0.6 is 11.6 Å². The Morgan fingerprint density at radius 3 is 2.86 bits per heavy atom. The van der Waals surface area contributed by atoms with Gasteiger partial charge in [0.1, 0.15) is 5.82 Å². The standard InChI is InChI=1S/C13H13ClFN3O3S/c14-8-4-9(15)6-10(5-8)22(19,20)18-13-7-11(16-17-13)12-2-1-3-21-12/h4-7,12H,1-3H2,(H2,16,17,18). The van der Waals surface area contributed by atoms with Gasteiger partial charge in [0, 0.05) is 17.7 Å². The zero-order chi connectivity index (χ0) is 15.7. The third kappa shape index (κ3) is 3.23. The summed E-state index contributed by atoms with van der Waals surface area (Å²) in [7, 11) is -3.97. The largest absolute Gasteiger partial charge is 0.372 e. The molecular weight excluding hydrogens is 333 g/mol. The lowest BCUT2D eigenvalue weighted by molar-refractivity contribution is 0.108. The fraction of sp³-hybridized carbons (Fsp3) is 0.308. The Morgan fingerprint density at radius 1 is 1.36 bits per heavy atom. The maximum Gasteiger partial charge on any atom is 0.263 e. The lowest BCUT2D eigenvalue weighted by Gasteiger charge is -2.06. The molecule has 1 aromatic carbocycles. The van der Waals surface area contributed by atoms with Gasteiger partial charge in [0.2, 0.25) is 0 Å². The van der Waals surface area contributed by atoms with Crippen LogP contribution in [0.15, 0.2) is 29.2 Å². The molecule has 2 N–H and O–H groups in total. The first-order valence-corrected chi connectivity index (χ1v) is 8.46. The summed E-state index contributed by atoms with van der Waals surface area (Å²) >= 11 is 5.68. The van der Waals surface area contributed by atoms with E-state index in [1.54, 1.807) is 6.07 Å². The number of rotatable bonds is 4. The van der Waals surface area contributed by atoms with Crippen LogP contribution in [0.1, 0.15) is 24.6 Å². The predicted octanol–water partition coefficient (Wildman–Crippen LogP) is 2.85. The smallest absolute Gasteiger partial charge is 0.263 e. The fourth-order valence-electron chi connectivity index (χ4n) is 2.26. The Balaban J connectivity index is 1.82. The number of hydrogen-bond acceptors (Lipinski definition) is 4. The minimum atomic E-state index is -3.97. The van der Waals surface area contributed by atoms with Crippen molar-refractivity contribution in [1.82, 2.24) is 10.2 Å². The first-order valence-electron chi connectivity index (χ1n) is 6.60. The van der Waals surface area contributed by atoms with E-state index in [2.05, 4.69) is 14.9 Å². The molecule has 22 heavy (non-hydrogen) atoms. The van der Waals surface area contributed by atoms with Crippen LogP contribution in [0.25, 0.3) is 0 Å². The second-order valence-corrected chi connectivity index (χ2v) is 7.04. The molecule has 1 aliphatic heterocycles. The third-order valence-corrected chi connectivity index (χ3v) is 4.81. The first kappa shape index (κ1) is 15.3. The van der Waals surface area contributed by atoms with E-state index in [-0.39, 0.29) is 21.8 Å². The van der Waals surface area contributed by atoms with E-state index < -0.39 is 15.8 Å². The monoisotopic (exact) mass is 345 g/mol. The highest BCUT2D eigenvalue weighted by molar-refractivity contribution is 7.92. The van der Waals surface area contributed by atoms with Gasteiger partial charge in [0.05, 0.1) is 16.7 Å². The summed E-state index contributed by atoms with van der Waals surface area (Å²) in [6, 6.07) is 4.65. The summed E-state index contributed by atoms with van der Waals surface area (Å²) in [6.07, 6.45) is 1.70. The van der Waals surface area contributed by atoms with Gasteiger partial charge in [-0.25, -0.2) is 12.8 Å². The number of benzene rings is 1. The van der Waals surface area contributed by atoms with Gasteiger partial charge in [0.15, 0.2) is 5.82 Å². The lowest BCUT2D eigenvalue weighted by atomic mass is 10.2. The van der Waals surface area contributed by atoms with Crippen LogP contribution in [-0.4, -0.2) is 25.2 Å². The summed E-state index contributed by atoms with van der Waals surface area (Å²) in [5.41, 5.74) is 0.701. The van der Waals surface area contributed by atoms with Gasteiger partial charge in [0.25, 0.3) is 10.0 Å². The molecule has 0 aliphatic carbocycles. The normalized spacial score (nSPS) is 18.5. The van der Waals surface area contributed by atoms with E-state index in [0.717, 1.165) is 25.0 Å². The van der Waals surface area contributed by atoms with E-state index in [0.29, 0.717) is 12.3 Å². The molecule has 2 aromatic rings. The van der Waals surface area contributed by atoms with Crippen LogP contribution in [0.4, 0.5) is 10.2 Å². The van der Waals surface area contributed by atoms with E-state index in [9.17, 15) is 12.8 Å². The molecule has 0 radical (unpaired) electrons. The van der Waals surface area contributed by atoms with E-state index in [4.69, 9.17) is 16.3 Å². The fourth-order valence-corrected chi connectivity index (χ4v) is 3.59. The maximum atomic E-state index is 13.3. The average molecular weight is 346 g/mol. The van der Waals surface area contributed by atoms with Crippen molar-refractivity contribution in [3.63, 3.8) is 0 Å². The van der Waals surface area contributed by atoms with Crippen LogP contribution in [0.5, 0.6) is 0 Å². The number of sulfonamides is 1. The molecule has 1 aromatic heterocycles. The Bertz CT molecular complexity index is 767. The first-order chi connectivity index (χ1) is 10.4. The zero-order valence-electron chi connectivity index (χ0n) is 11.3. The van der Waals surface area contributed by atoms with E-state index >= 15 is 0 Å². The second-order valence-electron chi connectivity index (χ2n) is 4.92. The van der Waals surface area contributed by atoms with Gasteiger partial charge in [-0.3, -0.25) is 9.82 Å². The van der Waals surface area contributed by atoms with Crippen molar-refractivity contribution in [2.75, 3.05) is 11.3 Å². The molecule has 118 valence electrons. The van der Waals surface area contributed by atoms with Crippen LogP contribution in [0.2, 0.25) is 5.02 Å². The molecule has 1 saturated heterocycles. The minimum Gasteiger partial charge on any atom is -0.372 e. The van der Waals surface area contributed by atoms with Crippen LogP contribution in [-0.2, 0) is 14.8 Å². The minimum absolute atomic E-state index is 0.00227. The molecule has 0 amide bonds. The van der Waals surface area contributed by atoms with Gasteiger partial charge in [-0.1, -0.05) is 11.6 Å². The quantitative estimate of drug-likeness (QED) is 0.892. The Kier molecular flexibility index (Phi) is 4.07. The van der Waals surface area contributed by atoms with Crippen molar-refractivity contribution in [2.45, 2.75) is 23.8 Å². The number of nitrogens with one attached hydrogen (secondary N) is 2. The van der Waals surface area contributed by atoms with Gasteiger partial charge >= 0.3 is 0 Å². The van der Waals surface area contributed by atoms with Gasteiger partial charge < -0.3 is 4.74 Å². The SMILES string of the molecule is O=S(=O)(Nc1cc(C2CCCO2)[nH]n1)c1cc(F)cc(Cl)c1. The number of hydrogen-bond donors (Lipinski definition) is 2. The molecule has 1 fully saturated rings. The summed E-state index contributed by atoms with van der Waals surface area (Å²) in [6.45, 7) is 0.673. The van der Waals surface area contributed by atoms with E-state index in [1.165, 1.54) is 6.07 Å². The van der Waals surface area contributed by atoms with Crippen molar-refractivity contribution in [3.05, 3.63) is 40.8 Å². The van der Waals surface area contributed by atoms with Crippen molar-refractivity contribution < 1.29 is 17.5 Å². The van der Waals surface area contributed by atoms with Crippen molar-refractivity contribution in [2.24, 2.45) is 0 Å². The topological polar surface area (TPSA) is 84.1 Å². The molecule has 0 saturated carbocycles. The second kappa shape index (κ2) is 5.86. The third-order valence-electron chi connectivity index (χ3n) is 3.26. The summed E-state index contributed by atoms with van der Waals surface area (Å²) in [4.78, 5) is -0.265. The Hall–Kier alpha value is -1.64. The summed E-state index contributed by atoms with van der Waals surface area (Å²) < 4.78 is 45.5. The molecule has 9 heteroatoms. The lowest BCUT2D eigenvalue weighted by Crippen LogP contribution is -2.13. The molecule has 1 aliphatic rings. The highest BCUT2D eigenvalue weighted by Crippen LogP contribution is 2.28. The van der Waals surface area contributed by atoms with Crippen LogP contribution < -0.4 is 4.72 Å². The maximum absolute atomic E-state index is 13.3. The number of aromatic nitrogens is 2. The molecule has 0 spiro atoms. The number of H-pyrrole nitrogens is 1. The summed E-state index contributed by atoms with van der Waals surface area (Å²) in [5, 5.41) is 6.64. The Morgan fingerprint density at radius 2 is 2.18 bits per heavy atom. The molecule has 1 unspecified atom stereocenters. The number of anilines is 1. The highest BCUT2D eigenvalue weighted by atomic mass is 35.5. The van der Waals surface area contributed by atoms with Crippen LogP contribution in [0, 0.1) is 5.82 Å². The number of nitrogens with zero attached hydrogens (tertiary/aromatic N) is 1. The molecule has 3 rings (SSSR count). The van der Waals surface area contributed by atoms with Crippen molar-refractivity contribution >= 4 is 27.4 Å². The molecule has 0 bridgehead atoms. The van der Waals surface area contributed by atoms with Crippen molar-refractivity contribution in [1.29, 1.82) is 0 Å². The Labute approximate surface area is 131 Å². The van der Waals surface area contributed by atoms with E-state index in [1.807, 2.05) is 0 Å². The number of halogens is 2. The van der Waals surface area contributed by atoms with Gasteiger partial charge in [-0.05, 0) is 31.0 Å². The number of aromatic amines is 1. The van der Waals surface area contributed by atoms with Crippen LogP contribution in [0.3, 0.4) is 0 Å². The predicted molar refractivity (Wildman–Crippen MR) is 78.7 cm³/mol. The summed E-state index contributed by atoms with van der Waals surface area (Å²) in [5.74, 6) is -0.610. The number of ether oxygens (including phenoxy) is 1. The van der Waals surface area contributed by atoms with Gasteiger partial charge in [-0.15, -0.1) is 0 Å². The molecule has 6 nitrogen and oxygen atoms in total. The average Bonchev–Trinajstić information content (AvgIpc) is 3.07. The molecular formula is C13H13ClFN3O3S. The molecule has 1 atom stereocenters. The van der Waals surface area contributed by atoms with Gasteiger partial charge in [-0.2, -0.15) is 5.10 Å².